The van der Waals surface area contributed by atoms with E-state index in [-0.39, 0.29) is 48.0 Å². The van der Waals surface area contributed by atoms with Gasteiger partial charge in [-0.1, -0.05) is 24.3 Å². The minimum absolute atomic E-state index is 0.0140. The smallest absolute Gasteiger partial charge is 0.308 e. The van der Waals surface area contributed by atoms with Crippen LogP contribution in [-0.4, -0.2) is 46.2 Å². The summed E-state index contributed by atoms with van der Waals surface area (Å²) in [6, 6.07) is 5.59. The van der Waals surface area contributed by atoms with E-state index in [2.05, 4.69) is 5.32 Å². The number of esters is 1. The van der Waals surface area contributed by atoms with Gasteiger partial charge in [-0.05, 0) is 25.8 Å². The Morgan fingerprint density at radius 3 is 2.40 bits per heavy atom. The number of amides is 3. The summed E-state index contributed by atoms with van der Waals surface area (Å²) >= 11 is 0. The molecule has 1 N–H and O–H groups in total. The summed E-state index contributed by atoms with van der Waals surface area (Å²) in [7, 11) is 0. The molecule has 3 rings (SSSR count). The first-order valence-corrected chi connectivity index (χ1v) is 9.53. The number of rotatable bonds is 7. The van der Waals surface area contributed by atoms with E-state index in [4.69, 9.17) is 4.74 Å². The van der Waals surface area contributed by atoms with Crippen LogP contribution in [0.1, 0.15) is 26.2 Å². The lowest BCUT2D eigenvalue weighted by Gasteiger charge is -2.16. The zero-order chi connectivity index (χ0) is 21.8. The maximum absolute atomic E-state index is 12.4. The Kier molecular flexibility index (Phi) is 6.24. The minimum atomic E-state index is -1.21. The third-order valence-electron chi connectivity index (χ3n) is 5.17. The highest BCUT2D eigenvalue weighted by Gasteiger charge is 2.47. The van der Waals surface area contributed by atoms with Crippen LogP contribution in [0.5, 0.6) is 0 Å². The standard InChI is InChI=1S/C20H21N3O7/c1-12(18(25)21-15-8-4-5-9-16(15)23(28)29)30-17(24)10-11-22-19(26)13-6-2-3-7-14(13)20(22)27/h2-5,8-9,12-14H,6-7,10-11H2,1H3,(H,21,25)/t12-,13-,14+/m1/s1. The van der Waals surface area contributed by atoms with E-state index in [1.807, 2.05) is 12.2 Å². The first kappa shape index (κ1) is 21.2. The molecule has 0 radical (unpaired) electrons. The number of ether oxygens (including phenoxy) is 1. The Balaban J connectivity index is 1.51. The van der Waals surface area contributed by atoms with E-state index in [1.165, 1.54) is 31.2 Å². The quantitative estimate of drug-likeness (QED) is 0.236. The van der Waals surface area contributed by atoms with E-state index in [0.717, 1.165) is 4.90 Å². The molecule has 3 atom stereocenters. The summed E-state index contributed by atoms with van der Waals surface area (Å²) in [5.74, 6) is -2.81. The summed E-state index contributed by atoms with van der Waals surface area (Å²) in [5, 5.41) is 13.4. The summed E-state index contributed by atoms with van der Waals surface area (Å²) in [4.78, 5) is 60.5. The van der Waals surface area contributed by atoms with Crippen molar-refractivity contribution in [2.75, 3.05) is 11.9 Å². The molecule has 10 nitrogen and oxygen atoms in total. The lowest BCUT2D eigenvalue weighted by molar-refractivity contribution is -0.383. The molecule has 1 aliphatic carbocycles. The molecule has 1 saturated heterocycles. The number of benzene rings is 1. The number of fused-ring (bicyclic) bond motifs is 1. The highest BCUT2D eigenvalue weighted by molar-refractivity contribution is 6.05. The van der Waals surface area contributed by atoms with Crippen LogP contribution < -0.4 is 5.32 Å². The number of nitrogens with zero attached hydrogens (tertiary/aromatic N) is 2. The number of anilines is 1. The number of nitrogens with one attached hydrogen (secondary N) is 1. The summed E-state index contributed by atoms with van der Waals surface area (Å²) < 4.78 is 5.05. The maximum atomic E-state index is 12.4. The van der Waals surface area contributed by atoms with Crippen molar-refractivity contribution in [3.05, 3.63) is 46.5 Å². The van der Waals surface area contributed by atoms with Crippen molar-refractivity contribution in [2.45, 2.75) is 32.3 Å². The van der Waals surface area contributed by atoms with Gasteiger partial charge in [-0.2, -0.15) is 0 Å². The summed E-state index contributed by atoms with van der Waals surface area (Å²) in [6.45, 7) is 1.22. The largest absolute Gasteiger partial charge is 0.452 e. The fourth-order valence-electron chi connectivity index (χ4n) is 3.57. The number of para-hydroxylation sites is 2. The zero-order valence-corrected chi connectivity index (χ0v) is 16.3. The number of nitro benzene ring substituents is 1. The normalized spacial score (nSPS) is 21.2. The van der Waals surface area contributed by atoms with Crippen molar-refractivity contribution in [1.29, 1.82) is 0 Å². The van der Waals surface area contributed by atoms with Gasteiger partial charge in [0.15, 0.2) is 6.10 Å². The molecule has 0 unspecified atom stereocenters. The van der Waals surface area contributed by atoms with Gasteiger partial charge in [0, 0.05) is 12.6 Å². The molecular formula is C20H21N3O7. The molecule has 158 valence electrons. The van der Waals surface area contributed by atoms with Gasteiger partial charge >= 0.3 is 5.97 Å². The van der Waals surface area contributed by atoms with E-state index < -0.39 is 22.9 Å². The fraction of sp³-hybridized carbons (Fsp3) is 0.400. The first-order chi connectivity index (χ1) is 14.3. The SMILES string of the molecule is C[C@@H](OC(=O)CCN1C(=O)[C@H]2CC=CC[C@H]2C1=O)C(=O)Nc1ccccc1[N+](=O)[O-]. The molecule has 0 aromatic heterocycles. The van der Waals surface area contributed by atoms with Crippen LogP contribution in [0.2, 0.25) is 0 Å². The van der Waals surface area contributed by atoms with Gasteiger partial charge in [0.05, 0.1) is 23.2 Å². The molecule has 0 saturated carbocycles. The van der Waals surface area contributed by atoms with E-state index in [0.29, 0.717) is 12.8 Å². The number of imide groups is 1. The predicted molar refractivity (Wildman–Crippen MR) is 104 cm³/mol. The number of carbonyl (C=O) groups is 4. The van der Waals surface area contributed by atoms with Crippen LogP contribution in [-0.2, 0) is 23.9 Å². The van der Waals surface area contributed by atoms with Crippen LogP contribution in [0.4, 0.5) is 11.4 Å². The third kappa shape index (κ3) is 4.37. The minimum Gasteiger partial charge on any atom is -0.452 e. The second kappa shape index (κ2) is 8.85. The molecule has 1 aromatic carbocycles. The van der Waals surface area contributed by atoms with Crippen molar-refractivity contribution in [3.63, 3.8) is 0 Å². The molecule has 30 heavy (non-hydrogen) atoms. The van der Waals surface area contributed by atoms with Crippen LogP contribution in [0.3, 0.4) is 0 Å². The van der Waals surface area contributed by atoms with Gasteiger partial charge in [-0.15, -0.1) is 0 Å². The molecule has 10 heteroatoms. The Morgan fingerprint density at radius 2 is 1.80 bits per heavy atom. The van der Waals surface area contributed by atoms with Crippen molar-refractivity contribution in [3.8, 4) is 0 Å². The zero-order valence-electron chi connectivity index (χ0n) is 16.3. The van der Waals surface area contributed by atoms with Gasteiger partial charge in [-0.25, -0.2) is 0 Å². The number of nitro groups is 1. The molecular weight excluding hydrogens is 394 g/mol. The van der Waals surface area contributed by atoms with Crippen LogP contribution in [0, 0.1) is 22.0 Å². The monoisotopic (exact) mass is 415 g/mol. The van der Waals surface area contributed by atoms with Crippen LogP contribution in [0.25, 0.3) is 0 Å². The summed E-state index contributed by atoms with van der Waals surface area (Å²) in [5.41, 5.74) is -0.300. The Labute approximate surface area is 172 Å². The molecule has 1 aromatic rings. The highest BCUT2D eigenvalue weighted by atomic mass is 16.6. The van der Waals surface area contributed by atoms with E-state index >= 15 is 0 Å². The van der Waals surface area contributed by atoms with Crippen molar-refractivity contribution in [1.82, 2.24) is 4.90 Å². The highest BCUT2D eigenvalue weighted by Crippen LogP contribution is 2.35. The number of hydrogen-bond acceptors (Lipinski definition) is 7. The number of carbonyl (C=O) groups excluding carboxylic acids is 4. The van der Waals surface area contributed by atoms with Gasteiger partial charge < -0.3 is 10.1 Å². The van der Waals surface area contributed by atoms with E-state index in [1.54, 1.807) is 0 Å². The fourth-order valence-corrected chi connectivity index (χ4v) is 3.57. The van der Waals surface area contributed by atoms with Crippen molar-refractivity contribution < 1.29 is 28.8 Å². The molecule has 1 aliphatic heterocycles. The average Bonchev–Trinajstić information content (AvgIpc) is 2.97. The van der Waals surface area contributed by atoms with Gasteiger partial charge in [0.2, 0.25) is 11.8 Å². The molecule has 1 fully saturated rings. The van der Waals surface area contributed by atoms with Gasteiger partial charge in [-0.3, -0.25) is 34.2 Å². The molecule has 3 amide bonds. The van der Waals surface area contributed by atoms with Crippen LogP contribution in [0.15, 0.2) is 36.4 Å². The average molecular weight is 415 g/mol. The van der Waals surface area contributed by atoms with Crippen LogP contribution >= 0.6 is 0 Å². The van der Waals surface area contributed by atoms with Crippen molar-refractivity contribution in [2.24, 2.45) is 11.8 Å². The first-order valence-electron chi connectivity index (χ1n) is 9.53. The van der Waals surface area contributed by atoms with Crippen molar-refractivity contribution >= 4 is 35.1 Å². The number of hydrogen-bond donors (Lipinski definition) is 1. The Bertz CT molecular complexity index is 901. The van der Waals surface area contributed by atoms with Gasteiger partial charge in [0.1, 0.15) is 5.69 Å². The second-order valence-corrected chi connectivity index (χ2v) is 7.13. The van der Waals surface area contributed by atoms with E-state index in [9.17, 15) is 29.3 Å². The molecule has 1 heterocycles. The van der Waals surface area contributed by atoms with Gasteiger partial charge in [0.25, 0.3) is 11.6 Å². The summed E-state index contributed by atoms with van der Waals surface area (Å²) in [6.07, 6.45) is 3.32. The molecule has 0 bridgehead atoms. The lowest BCUT2D eigenvalue weighted by Crippen LogP contribution is -2.35. The maximum Gasteiger partial charge on any atom is 0.308 e. The number of likely N-dealkylation sites (tertiary alicyclic amines) is 1. The second-order valence-electron chi connectivity index (χ2n) is 7.13. The third-order valence-corrected chi connectivity index (χ3v) is 5.17. The number of allylic oxidation sites excluding steroid dienone is 2. The molecule has 2 aliphatic rings. The molecule has 0 spiro atoms. The Hall–Kier alpha value is -3.56. The Morgan fingerprint density at radius 1 is 1.20 bits per heavy atom. The lowest BCUT2D eigenvalue weighted by atomic mass is 9.85. The topological polar surface area (TPSA) is 136 Å². The predicted octanol–water partition coefficient (Wildman–Crippen LogP) is 1.81.